The summed E-state index contributed by atoms with van der Waals surface area (Å²) in [4.78, 5) is 22.1. The van der Waals surface area contributed by atoms with E-state index in [0.29, 0.717) is 5.92 Å². The molecule has 2 aliphatic carbocycles. The minimum Gasteiger partial charge on any atom is -0.481 e. The van der Waals surface area contributed by atoms with Crippen LogP contribution in [0.25, 0.3) is 0 Å². The number of nitrogens with two attached hydrogens (primary N) is 1. The molecule has 0 aromatic rings. The van der Waals surface area contributed by atoms with Gasteiger partial charge in [-0.15, -0.1) is 0 Å². The van der Waals surface area contributed by atoms with Crippen LogP contribution in [0, 0.1) is 17.3 Å². The van der Waals surface area contributed by atoms with Crippen LogP contribution >= 0.6 is 0 Å². The van der Waals surface area contributed by atoms with Crippen molar-refractivity contribution in [3.8, 4) is 0 Å². The van der Waals surface area contributed by atoms with Crippen molar-refractivity contribution in [2.45, 2.75) is 39.0 Å². The summed E-state index contributed by atoms with van der Waals surface area (Å²) in [6.45, 7) is 2.11. The molecule has 4 nitrogen and oxygen atoms in total. The molecule has 0 radical (unpaired) electrons. The van der Waals surface area contributed by atoms with Gasteiger partial charge in [-0.1, -0.05) is 18.6 Å². The Kier molecular flexibility index (Phi) is 2.98. The quantitative estimate of drug-likeness (QED) is 0.714. The number of rotatable bonds is 5. The molecule has 0 heterocycles. The van der Waals surface area contributed by atoms with E-state index in [1.165, 1.54) is 5.57 Å². The number of aliphatic carboxylic acids is 1. The maximum absolute atomic E-state index is 11.1. The summed E-state index contributed by atoms with van der Waals surface area (Å²) in [6, 6.07) is 0. The molecule has 4 heteroatoms. The number of hydrogen-bond donors (Lipinski definition) is 2. The minimum absolute atomic E-state index is 0.0601. The fourth-order valence-electron chi connectivity index (χ4n) is 3.65. The van der Waals surface area contributed by atoms with Gasteiger partial charge in [0.25, 0.3) is 0 Å². The van der Waals surface area contributed by atoms with Crippen molar-refractivity contribution in [3.05, 3.63) is 11.6 Å². The van der Waals surface area contributed by atoms with E-state index in [1.54, 1.807) is 0 Å². The first-order chi connectivity index (χ1) is 7.97. The number of carbonyl (C=O) groups is 2. The van der Waals surface area contributed by atoms with Crippen molar-refractivity contribution in [2.24, 2.45) is 23.0 Å². The topological polar surface area (TPSA) is 80.4 Å². The Balaban J connectivity index is 2.17. The first kappa shape index (κ1) is 12.1. The van der Waals surface area contributed by atoms with Gasteiger partial charge in [0.1, 0.15) is 0 Å². The van der Waals surface area contributed by atoms with E-state index in [0.717, 1.165) is 19.3 Å². The summed E-state index contributed by atoms with van der Waals surface area (Å²) in [5, 5.41) is 9.00. The molecular weight excluding hydrogens is 218 g/mol. The Morgan fingerprint density at radius 3 is 2.76 bits per heavy atom. The van der Waals surface area contributed by atoms with Crippen LogP contribution in [-0.4, -0.2) is 17.0 Å². The van der Waals surface area contributed by atoms with E-state index in [1.807, 2.05) is 0 Å². The van der Waals surface area contributed by atoms with Crippen molar-refractivity contribution >= 4 is 11.9 Å². The SMILES string of the molecule is CCC1=C[C@@H]2[C@H](C1)C[C@]2(CC(N)=O)CC(=O)O. The molecule has 1 fully saturated rings. The molecule has 2 aliphatic rings. The average Bonchev–Trinajstić information content (AvgIpc) is 2.54. The highest BCUT2D eigenvalue weighted by atomic mass is 16.4. The van der Waals surface area contributed by atoms with Crippen LogP contribution in [-0.2, 0) is 9.59 Å². The van der Waals surface area contributed by atoms with E-state index < -0.39 is 11.4 Å². The summed E-state index contributed by atoms with van der Waals surface area (Å²) < 4.78 is 0. The summed E-state index contributed by atoms with van der Waals surface area (Å²) in [5.74, 6) is -0.421. The third-order valence-corrected chi connectivity index (χ3v) is 4.31. The van der Waals surface area contributed by atoms with Gasteiger partial charge >= 0.3 is 5.97 Å². The third kappa shape index (κ3) is 2.08. The monoisotopic (exact) mass is 237 g/mol. The number of amides is 1. The molecule has 17 heavy (non-hydrogen) atoms. The predicted molar refractivity (Wildman–Crippen MR) is 63.1 cm³/mol. The zero-order valence-electron chi connectivity index (χ0n) is 10.1. The first-order valence-electron chi connectivity index (χ1n) is 6.16. The van der Waals surface area contributed by atoms with Gasteiger partial charge in [-0.05, 0) is 36.5 Å². The Morgan fingerprint density at radius 2 is 2.24 bits per heavy atom. The van der Waals surface area contributed by atoms with E-state index in [9.17, 15) is 9.59 Å². The van der Waals surface area contributed by atoms with Crippen LogP contribution in [0.1, 0.15) is 39.0 Å². The number of fused-ring (bicyclic) bond motifs is 1. The van der Waals surface area contributed by atoms with Crippen LogP contribution in [0.2, 0.25) is 0 Å². The molecule has 0 aromatic carbocycles. The molecule has 0 spiro atoms. The van der Waals surface area contributed by atoms with Crippen LogP contribution < -0.4 is 5.73 Å². The number of hydrogen-bond acceptors (Lipinski definition) is 2. The number of primary amides is 1. The zero-order chi connectivity index (χ0) is 12.6. The summed E-state index contributed by atoms with van der Waals surface area (Å²) in [5.41, 5.74) is 6.26. The molecule has 3 atom stereocenters. The summed E-state index contributed by atoms with van der Waals surface area (Å²) in [7, 11) is 0. The lowest BCUT2D eigenvalue weighted by Crippen LogP contribution is -2.48. The van der Waals surface area contributed by atoms with Crippen molar-refractivity contribution in [1.29, 1.82) is 0 Å². The van der Waals surface area contributed by atoms with Crippen molar-refractivity contribution in [2.75, 3.05) is 0 Å². The van der Waals surface area contributed by atoms with Gasteiger partial charge in [0.15, 0.2) is 0 Å². The molecule has 0 aliphatic heterocycles. The lowest BCUT2D eigenvalue weighted by Gasteiger charge is -2.51. The zero-order valence-corrected chi connectivity index (χ0v) is 10.1. The molecule has 3 N–H and O–H groups in total. The Morgan fingerprint density at radius 1 is 1.53 bits per heavy atom. The van der Waals surface area contributed by atoms with Crippen LogP contribution in [0.4, 0.5) is 0 Å². The minimum atomic E-state index is -0.831. The normalized spacial score (nSPS) is 34.8. The Labute approximate surface area is 101 Å². The second-order valence-electron chi connectivity index (χ2n) is 5.45. The molecule has 0 unspecified atom stereocenters. The number of carboxylic acids is 1. The number of allylic oxidation sites excluding steroid dienone is 2. The second kappa shape index (κ2) is 4.17. The smallest absolute Gasteiger partial charge is 0.303 e. The van der Waals surface area contributed by atoms with Gasteiger partial charge in [0, 0.05) is 6.42 Å². The maximum atomic E-state index is 11.1. The molecule has 1 amide bonds. The van der Waals surface area contributed by atoms with Crippen molar-refractivity contribution in [3.63, 3.8) is 0 Å². The lowest BCUT2D eigenvalue weighted by molar-refractivity contribution is -0.146. The van der Waals surface area contributed by atoms with Gasteiger partial charge in [-0.3, -0.25) is 9.59 Å². The molecule has 0 aromatic heterocycles. The van der Waals surface area contributed by atoms with Gasteiger partial charge in [0.05, 0.1) is 6.42 Å². The van der Waals surface area contributed by atoms with E-state index in [4.69, 9.17) is 10.8 Å². The molecule has 1 saturated carbocycles. The highest BCUT2D eigenvalue weighted by Crippen LogP contribution is 2.61. The van der Waals surface area contributed by atoms with Crippen LogP contribution in [0.3, 0.4) is 0 Å². The highest BCUT2D eigenvalue weighted by molar-refractivity contribution is 5.77. The van der Waals surface area contributed by atoms with Gasteiger partial charge in [-0.2, -0.15) is 0 Å². The van der Waals surface area contributed by atoms with Gasteiger partial charge in [-0.25, -0.2) is 0 Å². The fourth-order valence-corrected chi connectivity index (χ4v) is 3.65. The molecule has 2 rings (SSSR count). The first-order valence-corrected chi connectivity index (χ1v) is 6.16. The van der Waals surface area contributed by atoms with Crippen LogP contribution in [0.15, 0.2) is 11.6 Å². The molecule has 0 bridgehead atoms. The highest BCUT2D eigenvalue weighted by Gasteiger charge is 2.56. The third-order valence-electron chi connectivity index (χ3n) is 4.31. The predicted octanol–water partition coefficient (Wildman–Crippen LogP) is 1.70. The maximum Gasteiger partial charge on any atom is 0.303 e. The average molecular weight is 237 g/mol. The van der Waals surface area contributed by atoms with Gasteiger partial charge in [0.2, 0.25) is 5.91 Å². The van der Waals surface area contributed by atoms with Crippen molar-refractivity contribution in [1.82, 2.24) is 0 Å². The van der Waals surface area contributed by atoms with E-state index in [-0.39, 0.29) is 24.7 Å². The van der Waals surface area contributed by atoms with Gasteiger partial charge < -0.3 is 10.8 Å². The number of carboxylic acid groups (broad SMARTS) is 1. The Bertz CT molecular complexity index is 370. The Hall–Kier alpha value is -1.32. The van der Waals surface area contributed by atoms with E-state index >= 15 is 0 Å². The number of carbonyl (C=O) groups excluding carboxylic acids is 1. The molecular formula is C13H19NO3. The van der Waals surface area contributed by atoms with Crippen molar-refractivity contribution < 1.29 is 14.7 Å². The van der Waals surface area contributed by atoms with E-state index in [2.05, 4.69) is 13.0 Å². The summed E-state index contributed by atoms with van der Waals surface area (Å²) in [6.07, 6.45) is 5.37. The lowest BCUT2D eigenvalue weighted by atomic mass is 9.52. The standard InChI is InChI=1S/C13H19NO3/c1-2-8-3-9-5-13(6-11(14)15,7-12(16)17)10(9)4-8/h4,9-10H,2-3,5-7H2,1H3,(H2,14,15)(H,16,17)/t9-,10-,13+/m1/s1. The molecule has 0 saturated heterocycles. The largest absolute Gasteiger partial charge is 0.481 e. The molecule has 94 valence electrons. The summed E-state index contributed by atoms with van der Waals surface area (Å²) >= 11 is 0. The fraction of sp³-hybridized carbons (Fsp3) is 0.692. The van der Waals surface area contributed by atoms with Crippen LogP contribution in [0.5, 0.6) is 0 Å². The second-order valence-corrected chi connectivity index (χ2v) is 5.45.